The van der Waals surface area contributed by atoms with Gasteiger partial charge in [-0.3, -0.25) is 4.79 Å². The van der Waals surface area contributed by atoms with Gasteiger partial charge in [0, 0.05) is 45.8 Å². The molecule has 0 bridgehead atoms. The van der Waals surface area contributed by atoms with E-state index in [2.05, 4.69) is 10.1 Å². The van der Waals surface area contributed by atoms with Gasteiger partial charge in [0.15, 0.2) is 5.84 Å². The van der Waals surface area contributed by atoms with Gasteiger partial charge in [-0.05, 0) is 72.5 Å². The van der Waals surface area contributed by atoms with Crippen molar-refractivity contribution < 1.29 is 4.79 Å². The number of hydrazone groups is 1. The molecular formula is C29H30ClN5O. The number of amides is 1. The van der Waals surface area contributed by atoms with Crippen LogP contribution in [0.5, 0.6) is 0 Å². The number of amidine groups is 1. The molecule has 0 aliphatic carbocycles. The van der Waals surface area contributed by atoms with Crippen LogP contribution in [-0.2, 0) is 4.79 Å². The van der Waals surface area contributed by atoms with Crippen LogP contribution in [-0.4, -0.2) is 46.1 Å². The smallest absolute Gasteiger partial charge is 0.282 e. The number of nitrogens with zero attached hydrogens (tertiary/aromatic N) is 5. The van der Waals surface area contributed by atoms with Gasteiger partial charge < -0.3 is 9.80 Å². The molecule has 3 aromatic rings. The zero-order valence-electron chi connectivity index (χ0n) is 21.5. The van der Waals surface area contributed by atoms with E-state index in [9.17, 15) is 4.79 Å². The predicted molar refractivity (Wildman–Crippen MR) is 153 cm³/mol. The van der Waals surface area contributed by atoms with E-state index in [1.165, 1.54) is 5.01 Å². The minimum Gasteiger partial charge on any atom is -0.378 e. The molecule has 0 aromatic heterocycles. The second kappa shape index (κ2) is 10.4. The fourth-order valence-corrected chi connectivity index (χ4v) is 4.38. The van der Waals surface area contributed by atoms with Crippen molar-refractivity contribution in [2.45, 2.75) is 13.8 Å². The van der Waals surface area contributed by atoms with Crippen LogP contribution >= 0.6 is 11.6 Å². The lowest BCUT2D eigenvalue weighted by atomic mass is 10.1. The number of halogens is 1. The molecule has 0 saturated heterocycles. The fourth-order valence-electron chi connectivity index (χ4n) is 3.98. The third-order valence-electron chi connectivity index (χ3n) is 5.93. The van der Waals surface area contributed by atoms with Gasteiger partial charge in [-0.25, -0.2) is 4.99 Å². The zero-order valence-corrected chi connectivity index (χ0v) is 22.2. The first kappa shape index (κ1) is 25.2. The molecular weight excluding hydrogens is 470 g/mol. The molecule has 1 amide bonds. The number of carbonyl (C=O) groups excluding carboxylic acids is 1. The molecule has 0 fully saturated rings. The molecule has 0 saturated carbocycles. The molecule has 0 atom stereocenters. The minimum absolute atomic E-state index is 0.268. The van der Waals surface area contributed by atoms with Crippen LogP contribution in [0.1, 0.15) is 22.3 Å². The van der Waals surface area contributed by atoms with Crippen molar-refractivity contribution in [1.82, 2.24) is 0 Å². The first-order valence-electron chi connectivity index (χ1n) is 11.6. The van der Waals surface area contributed by atoms with E-state index < -0.39 is 0 Å². The standard InChI is InChI=1S/C29H30ClN5O/c1-19-15-20(2)27(26(30)16-19)35-29(36)25(17-21-7-11-23(12-8-21)33(3)4)28(32-35)31-18-22-9-13-24(14-10-22)34(5)6/h7-18H,1-6H3/b25-17-,31-18?. The van der Waals surface area contributed by atoms with E-state index in [4.69, 9.17) is 11.6 Å². The minimum atomic E-state index is -0.268. The van der Waals surface area contributed by atoms with Gasteiger partial charge in [0.05, 0.1) is 16.3 Å². The van der Waals surface area contributed by atoms with Gasteiger partial charge in [-0.2, -0.15) is 5.01 Å². The Hall–Kier alpha value is -3.90. The highest BCUT2D eigenvalue weighted by molar-refractivity contribution is 6.37. The Morgan fingerprint density at radius 3 is 1.94 bits per heavy atom. The summed E-state index contributed by atoms with van der Waals surface area (Å²) in [7, 11) is 7.97. The summed E-state index contributed by atoms with van der Waals surface area (Å²) in [5, 5.41) is 6.44. The number of anilines is 3. The number of benzene rings is 3. The third kappa shape index (κ3) is 5.34. The number of hydrogen-bond acceptors (Lipinski definition) is 5. The van der Waals surface area contributed by atoms with Crippen molar-refractivity contribution in [3.05, 3.63) is 93.5 Å². The van der Waals surface area contributed by atoms with Gasteiger partial charge in [0.25, 0.3) is 5.91 Å². The first-order valence-corrected chi connectivity index (χ1v) is 12.0. The SMILES string of the molecule is Cc1cc(C)c(N2N=C(N=Cc3ccc(N(C)C)cc3)/C(=C/c3ccc(N(C)C)cc3)C2=O)c(Cl)c1. The monoisotopic (exact) mass is 499 g/mol. The largest absolute Gasteiger partial charge is 0.378 e. The molecule has 6 nitrogen and oxygen atoms in total. The van der Waals surface area contributed by atoms with E-state index in [-0.39, 0.29) is 5.91 Å². The summed E-state index contributed by atoms with van der Waals surface area (Å²) in [6.07, 6.45) is 3.55. The van der Waals surface area contributed by atoms with Crippen molar-refractivity contribution in [3.63, 3.8) is 0 Å². The van der Waals surface area contributed by atoms with E-state index >= 15 is 0 Å². The lowest BCUT2D eigenvalue weighted by Gasteiger charge is -2.16. The molecule has 0 N–H and O–H groups in total. The molecule has 36 heavy (non-hydrogen) atoms. The normalized spacial score (nSPS) is 14.6. The highest BCUT2D eigenvalue weighted by atomic mass is 35.5. The number of aryl methyl sites for hydroxylation is 2. The van der Waals surface area contributed by atoms with Gasteiger partial charge in [0.2, 0.25) is 0 Å². The molecule has 7 heteroatoms. The summed E-state index contributed by atoms with van der Waals surface area (Å²) in [5.74, 6) is 0.0695. The molecule has 184 valence electrons. The Labute approximate surface area is 217 Å². The Balaban J connectivity index is 1.75. The molecule has 1 aliphatic heterocycles. The van der Waals surface area contributed by atoms with Gasteiger partial charge in [-0.1, -0.05) is 41.9 Å². The Kier molecular flexibility index (Phi) is 7.27. The Morgan fingerprint density at radius 1 is 0.861 bits per heavy atom. The highest BCUT2D eigenvalue weighted by Crippen LogP contribution is 2.35. The maximum Gasteiger partial charge on any atom is 0.282 e. The topological polar surface area (TPSA) is 51.5 Å². The zero-order chi connectivity index (χ0) is 26.0. The van der Waals surface area contributed by atoms with Crippen LogP contribution in [0.4, 0.5) is 17.1 Å². The summed E-state index contributed by atoms with van der Waals surface area (Å²) < 4.78 is 0. The van der Waals surface area contributed by atoms with Gasteiger partial charge in [0.1, 0.15) is 0 Å². The fraction of sp³-hybridized carbons (Fsp3) is 0.207. The predicted octanol–water partition coefficient (Wildman–Crippen LogP) is 5.95. The molecule has 0 spiro atoms. The van der Waals surface area contributed by atoms with E-state index in [0.29, 0.717) is 22.1 Å². The number of aliphatic imine (C=N–C) groups is 1. The quantitative estimate of drug-likeness (QED) is 0.322. The summed E-state index contributed by atoms with van der Waals surface area (Å²) in [6.45, 7) is 3.89. The Morgan fingerprint density at radius 2 is 1.42 bits per heavy atom. The van der Waals surface area contributed by atoms with Crippen molar-refractivity contribution in [2.24, 2.45) is 10.1 Å². The average Bonchev–Trinajstić information content (AvgIpc) is 3.12. The molecule has 4 rings (SSSR count). The maximum atomic E-state index is 13.6. The second-order valence-corrected chi connectivity index (χ2v) is 9.65. The van der Waals surface area contributed by atoms with E-state index in [0.717, 1.165) is 33.6 Å². The van der Waals surface area contributed by atoms with Crippen LogP contribution in [0.25, 0.3) is 6.08 Å². The van der Waals surface area contributed by atoms with Crippen LogP contribution in [0.3, 0.4) is 0 Å². The summed E-state index contributed by atoms with van der Waals surface area (Å²) >= 11 is 6.57. The average molecular weight is 500 g/mol. The summed E-state index contributed by atoms with van der Waals surface area (Å²) in [5.41, 5.74) is 6.84. The Bertz CT molecular complexity index is 1350. The number of carbonyl (C=O) groups is 1. The molecule has 1 aliphatic rings. The lowest BCUT2D eigenvalue weighted by Crippen LogP contribution is -2.22. The maximum absolute atomic E-state index is 13.6. The molecule has 0 unspecified atom stereocenters. The molecule has 0 radical (unpaired) electrons. The van der Waals surface area contributed by atoms with Gasteiger partial charge >= 0.3 is 0 Å². The second-order valence-electron chi connectivity index (χ2n) is 9.24. The van der Waals surface area contributed by atoms with Crippen LogP contribution in [0, 0.1) is 13.8 Å². The van der Waals surface area contributed by atoms with Crippen molar-refractivity contribution in [2.75, 3.05) is 43.0 Å². The van der Waals surface area contributed by atoms with E-state index in [1.807, 2.05) is 119 Å². The highest BCUT2D eigenvalue weighted by Gasteiger charge is 2.33. The molecule has 3 aromatic carbocycles. The number of hydrogen-bond donors (Lipinski definition) is 0. The summed E-state index contributed by atoms with van der Waals surface area (Å²) in [6, 6.07) is 19.8. The molecule has 1 heterocycles. The van der Waals surface area contributed by atoms with E-state index in [1.54, 1.807) is 6.21 Å². The number of rotatable bonds is 5. The van der Waals surface area contributed by atoms with Crippen molar-refractivity contribution in [3.8, 4) is 0 Å². The lowest BCUT2D eigenvalue weighted by molar-refractivity contribution is -0.114. The van der Waals surface area contributed by atoms with Crippen molar-refractivity contribution >= 4 is 52.7 Å². The first-order chi connectivity index (χ1) is 17.1. The van der Waals surface area contributed by atoms with Crippen LogP contribution in [0.2, 0.25) is 5.02 Å². The van der Waals surface area contributed by atoms with Gasteiger partial charge in [-0.15, -0.1) is 5.10 Å². The third-order valence-corrected chi connectivity index (χ3v) is 6.22. The van der Waals surface area contributed by atoms with Crippen molar-refractivity contribution in [1.29, 1.82) is 0 Å². The summed E-state index contributed by atoms with van der Waals surface area (Å²) in [4.78, 5) is 22.3. The van der Waals surface area contributed by atoms with Crippen LogP contribution < -0.4 is 14.8 Å². The van der Waals surface area contributed by atoms with Crippen LogP contribution in [0.15, 0.2) is 76.3 Å².